The number of rotatable bonds is 6. The topological polar surface area (TPSA) is 95.3 Å². The molecule has 0 aliphatic carbocycles. The van der Waals surface area contributed by atoms with E-state index in [0.717, 1.165) is 4.80 Å². The van der Waals surface area contributed by atoms with Crippen LogP contribution in [0.2, 0.25) is 0 Å². The molecular formula is C26H19F5N8O. The third-order valence-electron chi connectivity index (χ3n) is 6.62. The number of alkyl halides is 5. The Morgan fingerprint density at radius 1 is 1.00 bits per heavy atom. The lowest BCUT2D eigenvalue weighted by Gasteiger charge is -2.20. The summed E-state index contributed by atoms with van der Waals surface area (Å²) in [6.45, 7) is 0.295. The van der Waals surface area contributed by atoms with Crippen molar-refractivity contribution in [3.8, 4) is 12.3 Å². The first-order valence-corrected chi connectivity index (χ1v) is 12.1. The van der Waals surface area contributed by atoms with E-state index in [1.807, 2.05) is 0 Å². The second kappa shape index (κ2) is 9.23. The third-order valence-corrected chi connectivity index (χ3v) is 6.62. The smallest absolute Gasteiger partial charge is 0.391 e. The lowest BCUT2D eigenvalue weighted by molar-refractivity contribution is -0.201. The summed E-state index contributed by atoms with van der Waals surface area (Å²) in [5, 5.41) is 22.1. The lowest BCUT2D eigenvalue weighted by atomic mass is 10.0. The van der Waals surface area contributed by atoms with Crippen molar-refractivity contribution in [1.82, 2.24) is 30.0 Å². The summed E-state index contributed by atoms with van der Waals surface area (Å²) in [7, 11) is 0. The normalized spacial score (nSPS) is 17.3. The van der Waals surface area contributed by atoms with Crippen molar-refractivity contribution in [1.29, 1.82) is 0 Å². The quantitative estimate of drug-likeness (QED) is 0.222. The molecule has 0 saturated carbocycles. The van der Waals surface area contributed by atoms with E-state index < -0.39 is 24.2 Å². The molecule has 204 valence electrons. The first-order chi connectivity index (χ1) is 19.1. The number of hydrogen-bond acceptors (Lipinski definition) is 8. The number of hydrazone groups is 1. The maximum absolute atomic E-state index is 15.5. The Kier molecular flexibility index (Phi) is 5.91. The summed E-state index contributed by atoms with van der Waals surface area (Å²) in [4.78, 5) is 10.9. The van der Waals surface area contributed by atoms with Crippen molar-refractivity contribution < 1.29 is 27.1 Å². The molecule has 2 aliphatic rings. The molecule has 1 saturated heterocycles. The van der Waals surface area contributed by atoms with E-state index in [1.54, 1.807) is 17.0 Å². The Hall–Kier alpha value is -4.64. The fraction of sp³-hybridized carbons (Fsp3) is 0.269. The molecule has 40 heavy (non-hydrogen) atoms. The maximum atomic E-state index is 15.5. The van der Waals surface area contributed by atoms with E-state index in [9.17, 15) is 18.3 Å². The molecule has 9 nitrogen and oxygen atoms in total. The Morgan fingerprint density at radius 3 is 2.42 bits per heavy atom. The van der Waals surface area contributed by atoms with Gasteiger partial charge in [-0.2, -0.15) is 13.6 Å². The molecule has 2 aromatic heterocycles. The van der Waals surface area contributed by atoms with Crippen LogP contribution in [0, 0.1) is 12.3 Å². The first-order valence-electron chi connectivity index (χ1n) is 12.1. The van der Waals surface area contributed by atoms with Crippen LogP contribution < -0.4 is 4.90 Å². The van der Waals surface area contributed by atoms with Gasteiger partial charge in [-0.25, -0.2) is 9.97 Å². The number of aliphatic hydroxyl groups is 1. The monoisotopic (exact) mass is 554 g/mol. The second-order valence-electron chi connectivity index (χ2n) is 9.28. The summed E-state index contributed by atoms with van der Waals surface area (Å²) >= 11 is 0. The average Bonchev–Trinajstić information content (AvgIpc) is 3.47. The Morgan fingerprint density at radius 2 is 1.77 bits per heavy atom. The molecule has 4 aromatic rings. The van der Waals surface area contributed by atoms with Crippen molar-refractivity contribution >= 4 is 22.8 Å². The second-order valence-corrected chi connectivity index (χ2v) is 9.28. The zero-order chi connectivity index (χ0) is 28.2. The van der Waals surface area contributed by atoms with Crippen LogP contribution in [-0.4, -0.2) is 66.4 Å². The Labute approximate surface area is 223 Å². The van der Waals surface area contributed by atoms with Gasteiger partial charge in [0.15, 0.2) is 17.2 Å². The van der Waals surface area contributed by atoms with Gasteiger partial charge in [-0.1, -0.05) is 48.4 Å². The van der Waals surface area contributed by atoms with Gasteiger partial charge in [-0.15, -0.1) is 39.9 Å². The van der Waals surface area contributed by atoms with Gasteiger partial charge >= 0.3 is 12.2 Å². The van der Waals surface area contributed by atoms with Gasteiger partial charge in [0.1, 0.15) is 0 Å². The van der Waals surface area contributed by atoms with Gasteiger partial charge in [-0.3, -0.25) is 0 Å². The molecule has 14 heteroatoms. The van der Waals surface area contributed by atoms with Gasteiger partial charge in [0.05, 0.1) is 12.6 Å². The number of terminal acetylenes is 1. The summed E-state index contributed by atoms with van der Waals surface area (Å²) in [6, 6.07) is 11.6. The lowest BCUT2D eigenvalue weighted by Crippen LogP contribution is -2.26. The summed E-state index contributed by atoms with van der Waals surface area (Å²) < 4.78 is 70.6. The summed E-state index contributed by atoms with van der Waals surface area (Å²) in [6.07, 6.45) is 0.651. The number of benzene rings is 2. The van der Waals surface area contributed by atoms with E-state index in [-0.39, 0.29) is 57.6 Å². The Balaban J connectivity index is 1.44. The van der Waals surface area contributed by atoms with Gasteiger partial charge in [0, 0.05) is 35.3 Å². The van der Waals surface area contributed by atoms with E-state index in [4.69, 9.17) is 6.42 Å². The van der Waals surface area contributed by atoms with E-state index in [1.165, 1.54) is 36.4 Å². The molecule has 0 radical (unpaired) electrons. The van der Waals surface area contributed by atoms with Crippen LogP contribution in [-0.2, 0) is 12.5 Å². The molecule has 1 fully saturated rings. The zero-order valence-electron chi connectivity index (χ0n) is 20.5. The van der Waals surface area contributed by atoms with Crippen molar-refractivity contribution in [3.63, 3.8) is 0 Å². The standard InChI is InChI=1S/C26H19F5N8O/c1-2-15-7-6-10-18(22-36-39(22)26(29,30)31)19(15)14-38-34-20-21(35-38)32-24(25(27,28)16-8-4-3-5-9-16)33-23(20)37-12-11-17(40)13-37/h1,3-10,17,40H,11-14H2/t17-,39?/m0/s1. The zero-order valence-corrected chi connectivity index (χ0v) is 20.5. The third kappa shape index (κ3) is 4.47. The number of amidine groups is 1. The van der Waals surface area contributed by atoms with E-state index >= 15 is 8.78 Å². The van der Waals surface area contributed by atoms with Crippen LogP contribution in [0.1, 0.15) is 34.5 Å². The fourth-order valence-electron chi connectivity index (χ4n) is 4.64. The summed E-state index contributed by atoms with van der Waals surface area (Å²) in [5.41, 5.74) is 0.359. The number of β-amino-alcohol motifs (C(OH)–C–C–N with tert-alkyl or cyclic N) is 1. The van der Waals surface area contributed by atoms with Gasteiger partial charge in [0.2, 0.25) is 11.5 Å². The van der Waals surface area contributed by atoms with Crippen molar-refractivity contribution in [2.75, 3.05) is 18.0 Å². The first kappa shape index (κ1) is 25.6. The van der Waals surface area contributed by atoms with Crippen molar-refractivity contribution in [2.45, 2.75) is 31.3 Å². The largest absolute Gasteiger partial charge is 0.506 e. The highest BCUT2D eigenvalue weighted by Crippen LogP contribution is 2.37. The van der Waals surface area contributed by atoms with Crippen molar-refractivity contribution in [3.05, 3.63) is 76.6 Å². The van der Waals surface area contributed by atoms with Crippen LogP contribution >= 0.6 is 0 Å². The van der Waals surface area contributed by atoms with Gasteiger partial charge in [0.25, 0.3) is 0 Å². The number of hydrogen-bond donors (Lipinski definition) is 1. The molecule has 2 aromatic carbocycles. The van der Waals surface area contributed by atoms with Gasteiger partial charge in [-0.05, 0) is 12.5 Å². The molecule has 4 heterocycles. The van der Waals surface area contributed by atoms with Crippen LogP contribution in [0.25, 0.3) is 11.2 Å². The number of aromatic nitrogens is 5. The predicted molar refractivity (Wildman–Crippen MR) is 133 cm³/mol. The number of halogens is 5. The molecular weight excluding hydrogens is 535 g/mol. The fourth-order valence-corrected chi connectivity index (χ4v) is 4.64. The van der Waals surface area contributed by atoms with Crippen LogP contribution in [0.15, 0.2) is 53.6 Å². The minimum atomic E-state index is -4.69. The highest BCUT2D eigenvalue weighted by atomic mass is 19.4. The van der Waals surface area contributed by atoms with E-state index in [2.05, 4.69) is 31.2 Å². The van der Waals surface area contributed by atoms with Crippen LogP contribution in [0.4, 0.5) is 27.8 Å². The SMILES string of the molecule is C#Cc1cccc(C2=NN2C(F)(F)F)c1Cn1nc2nc(C(F)(F)c3ccccc3)nc(N3CC[C@H](O)C3)c2n1. The molecule has 1 N–H and O–H groups in total. The molecule has 0 spiro atoms. The van der Waals surface area contributed by atoms with Crippen molar-refractivity contribution in [2.24, 2.45) is 5.10 Å². The highest BCUT2D eigenvalue weighted by molar-refractivity contribution is 6.07. The highest BCUT2D eigenvalue weighted by Gasteiger charge is 2.49. The molecule has 0 bridgehead atoms. The predicted octanol–water partition coefficient (Wildman–Crippen LogP) is 3.46. The number of nitrogens with zero attached hydrogens (tertiary/aromatic N) is 8. The van der Waals surface area contributed by atoms with E-state index in [0.29, 0.717) is 18.5 Å². The molecule has 1 atom stereocenters. The van der Waals surface area contributed by atoms with Gasteiger partial charge < -0.3 is 10.0 Å². The maximum Gasteiger partial charge on any atom is 0.506 e. The van der Waals surface area contributed by atoms with Crippen LogP contribution in [0.3, 0.4) is 0 Å². The minimum absolute atomic E-state index is 0.0682. The molecule has 6 rings (SSSR count). The molecule has 0 amide bonds. The minimum Gasteiger partial charge on any atom is -0.391 e. The summed E-state index contributed by atoms with van der Waals surface area (Å²) in [5.74, 6) is -2.16. The number of anilines is 1. The number of fused-ring (bicyclic) bond motifs is 1. The molecule has 0 unspecified atom stereocenters. The molecule has 2 aliphatic heterocycles. The van der Waals surface area contributed by atoms with Crippen LogP contribution in [0.5, 0.6) is 0 Å². The number of aliphatic hydroxyl groups excluding tert-OH is 1. The Bertz CT molecular complexity index is 1680. The average molecular weight is 554 g/mol.